The van der Waals surface area contributed by atoms with Crippen molar-refractivity contribution in [3.63, 3.8) is 0 Å². The Labute approximate surface area is 112 Å². The Morgan fingerprint density at radius 2 is 2.26 bits per heavy atom. The first-order valence-corrected chi connectivity index (χ1v) is 6.03. The van der Waals surface area contributed by atoms with Crippen molar-refractivity contribution in [3.8, 4) is 11.8 Å². The SMILES string of the molecule is COc1cc(N2C(=O)C[C@](C)(O)[C@@H]2C)ccc1C#N. The van der Waals surface area contributed by atoms with E-state index in [1.165, 1.54) is 7.11 Å². The van der Waals surface area contributed by atoms with E-state index < -0.39 is 5.60 Å². The fourth-order valence-corrected chi connectivity index (χ4v) is 2.32. The zero-order valence-electron chi connectivity index (χ0n) is 11.2. The monoisotopic (exact) mass is 260 g/mol. The lowest BCUT2D eigenvalue weighted by molar-refractivity contribution is -0.118. The van der Waals surface area contributed by atoms with Crippen molar-refractivity contribution in [3.05, 3.63) is 23.8 Å². The predicted octanol–water partition coefficient (Wildman–Crippen LogP) is 1.44. The van der Waals surface area contributed by atoms with E-state index in [0.29, 0.717) is 17.0 Å². The number of anilines is 1. The third-order valence-electron chi connectivity index (χ3n) is 3.65. The molecule has 5 nitrogen and oxygen atoms in total. The zero-order valence-corrected chi connectivity index (χ0v) is 11.2. The first-order valence-electron chi connectivity index (χ1n) is 6.03. The smallest absolute Gasteiger partial charge is 0.230 e. The van der Waals surface area contributed by atoms with Gasteiger partial charge in [-0.05, 0) is 26.0 Å². The van der Waals surface area contributed by atoms with E-state index in [2.05, 4.69) is 0 Å². The standard InChI is InChI=1S/C14H16N2O3/c1-9-14(2,18)7-13(17)16(9)11-5-4-10(8-15)12(6-11)19-3/h4-6,9,18H,7H2,1-3H3/t9-,14-/m0/s1. The molecule has 0 unspecified atom stereocenters. The number of nitriles is 1. The van der Waals surface area contributed by atoms with Crippen LogP contribution in [0.4, 0.5) is 5.69 Å². The van der Waals surface area contributed by atoms with Crippen LogP contribution in [-0.2, 0) is 4.79 Å². The molecule has 5 heteroatoms. The summed E-state index contributed by atoms with van der Waals surface area (Å²) in [5.74, 6) is 0.288. The van der Waals surface area contributed by atoms with Gasteiger partial charge in [-0.2, -0.15) is 5.26 Å². The summed E-state index contributed by atoms with van der Waals surface area (Å²) in [5, 5.41) is 19.1. The number of aliphatic hydroxyl groups is 1. The average Bonchev–Trinajstić information content (AvgIpc) is 2.57. The van der Waals surface area contributed by atoms with Crippen LogP contribution in [0.5, 0.6) is 5.75 Å². The molecule has 1 aromatic carbocycles. The number of rotatable bonds is 2. The minimum absolute atomic E-state index is 0.0937. The van der Waals surface area contributed by atoms with Crippen LogP contribution < -0.4 is 9.64 Å². The summed E-state index contributed by atoms with van der Waals surface area (Å²) in [5.41, 5.74) is 0.00141. The highest BCUT2D eigenvalue weighted by Gasteiger charge is 2.45. The first kappa shape index (κ1) is 13.4. The Morgan fingerprint density at radius 1 is 1.58 bits per heavy atom. The summed E-state index contributed by atoms with van der Waals surface area (Å²) in [4.78, 5) is 13.6. The number of carbonyl (C=O) groups is 1. The van der Waals surface area contributed by atoms with Crippen LogP contribution in [-0.4, -0.2) is 29.8 Å². The van der Waals surface area contributed by atoms with Crippen LogP contribution in [0.2, 0.25) is 0 Å². The number of hydrogen-bond donors (Lipinski definition) is 1. The molecule has 0 spiro atoms. The lowest BCUT2D eigenvalue weighted by atomic mass is 9.98. The molecule has 1 aromatic rings. The van der Waals surface area contributed by atoms with Crippen molar-refractivity contribution in [2.24, 2.45) is 0 Å². The third-order valence-corrected chi connectivity index (χ3v) is 3.65. The van der Waals surface area contributed by atoms with E-state index in [1.807, 2.05) is 6.07 Å². The molecule has 1 heterocycles. The Kier molecular flexibility index (Phi) is 3.21. The third kappa shape index (κ3) is 2.15. The van der Waals surface area contributed by atoms with E-state index >= 15 is 0 Å². The maximum atomic E-state index is 12.0. The first-order chi connectivity index (χ1) is 8.90. The molecule has 0 radical (unpaired) electrons. The number of benzene rings is 1. The van der Waals surface area contributed by atoms with Gasteiger partial charge in [-0.1, -0.05) is 0 Å². The topological polar surface area (TPSA) is 73.6 Å². The highest BCUT2D eigenvalue weighted by atomic mass is 16.5. The van der Waals surface area contributed by atoms with E-state index in [1.54, 1.807) is 36.9 Å². The van der Waals surface area contributed by atoms with Crippen LogP contribution in [0.15, 0.2) is 18.2 Å². The quantitative estimate of drug-likeness (QED) is 0.873. The van der Waals surface area contributed by atoms with Gasteiger partial charge in [-0.25, -0.2) is 0 Å². The summed E-state index contributed by atoms with van der Waals surface area (Å²) in [6, 6.07) is 6.65. The largest absolute Gasteiger partial charge is 0.495 e. The molecular weight excluding hydrogens is 244 g/mol. The molecule has 1 amide bonds. The Bertz CT molecular complexity index is 560. The molecule has 1 N–H and O–H groups in total. The molecule has 0 aromatic heterocycles. The lowest BCUT2D eigenvalue weighted by Gasteiger charge is -2.28. The van der Waals surface area contributed by atoms with Gasteiger partial charge in [0.2, 0.25) is 5.91 Å². The molecule has 1 saturated heterocycles. The van der Waals surface area contributed by atoms with E-state index in [0.717, 1.165) is 0 Å². The molecule has 2 atom stereocenters. The number of methoxy groups -OCH3 is 1. The van der Waals surface area contributed by atoms with Gasteiger partial charge in [0.05, 0.1) is 30.7 Å². The van der Waals surface area contributed by atoms with Crippen molar-refractivity contribution in [1.82, 2.24) is 0 Å². The maximum Gasteiger partial charge on any atom is 0.230 e. The molecule has 2 rings (SSSR count). The van der Waals surface area contributed by atoms with Crippen molar-refractivity contribution in [2.45, 2.75) is 31.9 Å². The second-order valence-corrected chi connectivity index (χ2v) is 4.97. The van der Waals surface area contributed by atoms with Gasteiger partial charge in [0.15, 0.2) is 0 Å². The van der Waals surface area contributed by atoms with E-state index in [-0.39, 0.29) is 18.4 Å². The number of ether oxygens (including phenoxy) is 1. The molecule has 0 bridgehead atoms. The van der Waals surface area contributed by atoms with Crippen LogP contribution in [0, 0.1) is 11.3 Å². The summed E-state index contributed by atoms with van der Waals surface area (Å²) in [6.07, 6.45) is 0.0937. The van der Waals surface area contributed by atoms with Crippen LogP contribution in [0.3, 0.4) is 0 Å². The van der Waals surface area contributed by atoms with Crippen LogP contribution in [0.1, 0.15) is 25.8 Å². The van der Waals surface area contributed by atoms with Crippen molar-refractivity contribution >= 4 is 11.6 Å². The fourth-order valence-electron chi connectivity index (χ4n) is 2.32. The molecular formula is C14H16N2O3. The van der Waals surface area contributed by atoms with Crippen molar-refractivity contribution in [2.75, 3.05) is 12.0 Å². The van der Waals surface area contributed by atoms with E-state index in [9.17, 15) is 9.90 Å². The predicted molar refractivity (Wildman–Crippen MR) is 69.9 cm³/mol. The van der Waals surface area contributed by atoms with Gasteiger partial charge in [0, 0.05) is 11.8 Å². The molecule has 1 fully saturated rings. The number of amides is 1. The summed E-state index contributed by atoms with van der Waals surface area (Å²) in [6.45, 7) is 3.45. The summed E-state index contributed by atoms with van der Waals surface area (Å²) < 4.78 is 5.14. The number of nitrogens with zero attached hydrogens (tertiary/aromatic N) is 2. The molecule has 19 heavy (non-hydrogen) atoms. The minimum atomic E-state index is -1.04. The van der Waals surface area contributed by atoms with Gasteiger partial charge in [0.1, 0.15) is 11.8 Å². The van der Waals surface area contributed by atoms with Gasteiger partial charge < -0.3 is 14.7 Å². The maximum absolute atomic E-state index is 12.0. The molecule has 0 saturated carbocycles. The average molecular weight is 260 g/mol. The van der Waals surface area contributed by atoms with Gasteiger partial charge in [0.25, 0.3) is 0 Å². The Balaban J connectivity index is 2.43. The van der Waals surface area contributed by atoms with Gasteiger partial charge in [-0.15, -0.1) is 0 Å². The van der Waals surface area contributed by atoms with Crippen LogP contribution >= 0.6 is 0 Å². The fraction of sp³-hybridized carbons (Fsp3) is 0.429. The molecule has 1 aliphatic heterocycles. The number of hydrogen-bond acceptors (Lipinski definition) is 4. The molecule has 0 aliphatic carbocycles. The Hall–Kier alpha value is -2.06. The normalized spacial score (nSPS) is 26.4. The summed E-state index contributed by atoms with van der Waals surface area (Å²) in [7, 11) is 1.48. The number of carbonyl (C=O) groups excluding carboxylic acids is 1. The second-order valence-electron chi connectivity index (χ2n) is 4.97. The lowest BCUT2D eigenvalue weighted by Crippen LogP contribution is -2.40. The van der Waals surface area contributed by atoms with Gasteiger partial charge in [-0.3, -0.25) is 4.79 Å². The van der Waals surface area contributed by atoms with Crippen LogP contribution in [0.25, 0.3) is 0 Å². The highest BCUT2D eigenvalue weighted by Crippen LogP contribution is 2.35. The van der Waals surface area contributed by atoms with Crippen molar-refractivity contribution in [1.29, 1.82) is 5.26 Å². The minimum Gasteiger partial charge on any atom is -0.495 e. The molecule has 1 aliphatic rings. The van der Waals surface area contributed by atoms with Gasteiger partial charge >= 0.3 is 0 Å². The highest BCUT2D eigenvalue weighted by molar-refractivity contribution is 5.97. The Morgan fingerprint density at radius 3 is 2.74 bits per heavy atom. The summed E-state index contributed by atoms with van der Waals surface area (Å²) >= 11 is 0. The van der Waals surface area contributed by atoms with E-state index in [4.69, 9.17) is 10.00 Å². The molecule has 100 valence electrons. The second kappa shape index (κ2) is 4.56. The zero-order chi connectivity index (χ0) is 14.2. The van der Waals surface area contributed by atoms with Crippen molar-refractivity contribution < 1.29 is 14.6 Å².